The fraction of sp³-hybridized carbons (Fsp3) is 0.625. The molecular weight excluding hydrogens is 234 g/mol. The van der Waals surface area contributed by atoms with Crippen molar-refractivity contribution in [1.29, 1.82) is 0 Å². The van der Waals surface area contributed by atoms with Gasteiger partial charge < -0.3 is 10.2 Å². The SMILES string of the molecule is CCCc1ccc(NCCN2CCN(C)CC2)cc1. The van der Waals surface area contributed by atoms with E-state index in [1.54, 1.807) is 0 Å². The highest BCUT2D eigenvalue weighted by molar-refractivity contribution is 5.44. The number of nitrogens with zero attached hydrogens (tertiary/aromatic N) is 2. The average molecular weight is 261 g/mol. The van der Waals surface area contributed by atoms with Crippen molar-refractivity contribution >= 4 is 5.69 Å². The second-order valence-corrected chi connectivity index (χ2v) is 5.52. The molecule has 1 aromatic carbocycles. The molecule has 0 aromatic heterocycles. The summed E-state index contributed by atoms with van der Waals surface area (Å²) in [6, 6.07) is 8.88. The van der Waals surface area contributed by atoms with Crippen molar-refractivity contribution < 1.29 is 0 Å². The van der Waals surface area contributed by atoms with E-state index in [9.17, 15) is 0 Å². The summed E-state index contributed by atoms with van der Waals surface area (Å²) in [7, 11) is 2.20. The molecule has 1 aliphatic heterocycles. The molecule has 1 heterocycles. The highest BCUT2D eigenvalue weighted by Gasteiger charge is 2.12. The van der Waals surface area contributed by atoms with Crippen LogP contribution in [-0.2, 0) is 6.42 Å². The van der Waals surface area contributed by atoms with Gasteiger partial charge in [-0.15, -0.1) is 0 Å². The number of benzene rings is 1. The molecule has 2 rings (SSSR count). The fourth-order valence-corrected chi connectivity index (χ4v) is 2.51. The highest BCUT2D eigenvalue weighted by atomic mass is 15.2. The van der Waals surface area contributed by atoms with Crippen LogP contribution >= 0.6 is 0 Å². The fourth-order valence-electron chi connectivity index (χ4n) is 2.51. The van der Waals surface area contributed by atoms with E-state index in [4.69, 9.17) is 0 Å². The van der Waals surface area contributed by atoms with Crippen LogP contribution in [0.15, 0.2) is 24.3 Å². The Kier molecular flexibility index (Phi) is 5.67. The second-order valence-electron chi connectivity index (χ2n) is 5.52. The van der Waals surface area contributed by atoms with Gasteiger partial charge in [0.2, 0.25) is 0 Å². The summed E-state index contributed by atoms with van der Waals surface area (Å²) in [5.74, 6) is 0. The third kappa shape index (κ3) is 4.84. The van der Waals surface area contributed by atoms with Gasteiger partial charge >= 0.3 is 0 Å². The van der Waals surface area contributed by atoms with E-state index in [1.807, 2.05) is 0 Å². The summed E-state index contributed by atoms with van der Waals surface area (Å²) in [6.07, 6.45) is 2.40. The van der Waals surface area contributed by atoms with Crippen LogP contribution in [0.25, 0.3) is 0 Å². The van der Waals surface area contributed by atoms with Crippen molar-refractivity contribution in [3.05, 3.63) is 29.8 Å². The number of anilines is 1. The zero-order valence-corrected chi connectivity index (χ0v) is 12.4. The quantitative estimate of drug-likeness (QED) is 0.847. The van der Waals surface area contributed by atoms with Gasteiger partial charge in [0, 0.05) is 45.0 Å². The molecular formula is C16H27N3. The second kappa shape index (κ2) is 7.51. The minimum Gasteiger partial charge on any atom is -0.384 e. The minimum atomic E-state index is 1.04. The lowest BCUT2D eigenvalue weighted by atomic mass is 10.1. The van der Waals surface area contributed by atoms with E-state index < -0.39 is 0 Å². The maximum absolute atomic E-state index is 3.52. The van der Waals surface area contributed by atoms with Crippen LogP contribution in [0.1, 0.15) is 18.9 Å². The Labute approximate surface area is 117 Å². The first kappa shape index (κ1) is 14.4. The van der Waals surface area contributed by atoms with E-state index in [1.165, 1.54) is 50.3 Å². The van der Waals surface area contributed by atoms with Gasteiger partial charge in [-0.25, -0.2) is 0 Å². The summed E-state index contributed by atoms with van der Waals surface area (Å²) >= 11 is 0. The van der Waals surface area contributed by atoms with Gasteiger partial charge in [0.15, 0.2) is 0 Å². The number of piperazine rings is 1. The smallest absolute Gasteiger partial charge is 0.0340 e. The highest BCUT2D eigenvalue weighted by Crippen LogP contribution is 2.10. The van der Waals surface area contributed by atoms with Crippen LogP contribution in [0.5, 0.6) is 0 Å². The summed E-state index contributed by atoms with van der Waals surface area (Å²) in [6.45, 7) is 9.21. The Morgan fingerprint density at radius 2 is 1.74 bits per heavy atom. The lowest BCUT2D eigenvalue weighted by Crippen LogP contribution is -2.45. The van der Waals surface area contributed by atoms with Crippen molar-refractivity contribution in [2.45, 2.75) is 19.8 Å². The van der Waals surface area contributed by atoms with E-state index in [0.717, 1.165) is 13.1 Å². The summed E-state index contributed by atoms with van der Waals surface area (Å²) in [5.41, 5.74) is 2.68. The normalized spacial score (nSPS) is 17.6. The topological polar surface area (TPSA) is 18.5 Å². The monoisotopic (exact) mass is 261 g/mol. The van der Waals surface area contributed by atoms with Gasteiger partial charge in [0.25, 0.3) is 0 Å². The summed E-state index contributed by atoms with van der Waals surface area (Å²) in [5, 5.41) is 3.52. The van der Waals surface area contributed by atoms with Crippen LogP contribution in [0.3, 0.4) is 0 Å². The molecule has 1 aliphatic rings. The molecule has 106 valence electrons. The van der Waals surface area contributed by atoms with Gasteiger partial charge in [-0.05, 0) is 31.2 Å². The van der Waals surface area contributed by atoms with Gasteiger partial charge in [0.1, 0.15) is 0 Å². The number of aryl methyl sites for hydroxylation is 1. The van der Waals surface area contributed by atoms with Gasteiger partial charge in [-0.3, -0.25) is 4.90 Å². The van der Waals surface area contributed by atoms with E-state index in [-0.39, 0.29) is 0 Å². The first-order valence-corrected chi connectivity index (χ1v) is 7.51. The molecule has 0 spiro atoms. The molecule has 1 aromatic rings. The standard InChI is InChI=1S/C16H27N3/c1-3-4-15-5-7-16(8-6-15)17-9-10-19-13-11-18(2)12-14-19/h5-8,17H,3-4,9-14H2,1-2H3. The summed E-state index contributed by atoms with van der Waals surface area (Å²) < 4.78 is 0. The predicted octanol–water partition coefficient (Wildman–Crippen LogP) is 2.30. The van der Waals surface area contributed by atoms with Crippen molar-refractivity contribution in [3.63, 3.8) is 0 Å². The van der Waals surface area contributed by atoms with Crippen molar-refractivity contribution in [3.8, 4) is 0 Å². The average Bonchev–Trinajstić information content (AvgIpc) is 2.43. The number of nitrogens with one attached hydrogen (secondary N) is 1. The maximum atomic E-state index is 3.52. The molecule has 19 heavy (non-hydrogen) atoms. The first-order chi connectivity index (χ1) is 9.28. The molecule has 0 bridgehead atoms. The minimum absolute atomic E-state index is 1.04. The molecule has 0 aliphatic carbocycles. The van der Waals surface area contributed by atoms with Crippen LogP contribution in [0.2, 0.25) is 0 Å². The Morgan fingerprint density at radius 3 is 2.37 bits per heavy atom. The van der Waals surface area contributed by atoms with Crippen LogP contribution in [-0.4, -0.2) is 56.1 Å². The first-order valence-electron chi connectivity index (χ1n) is 7.51. The van der Waals surface area contributed by atoms with Gasteiger partial charge in [0.05, 0.1) is 0 Å². The molecule has 3 nitrogen and oxygen atoms in total. The molecule has 1 saturated heterocycles. The van der Waals surface area contributed by atoms with E-state index in [0.29, 0.717) is 0 Å². The Morgan fingerprint density at radius 1 is 1.05 bits per heavy atom. The molecule has 0 atom stereocenters. The zero-order chi connectivity index (χ0) is 13.5. The van der Waals surface area contributed by atoms with E-state index in [2.05, 4.69) is 53.4 Å². The Hall–Kier alpha value is -1.06. The largest absolute Gasteiger partial charge is 0.384 e. The van der Waals surface area contributed by atoms with Crippen molar-refractivity contribution in [2.75, 3.05) is 51.6 Å². The summed E-state index contributed by atoms with van der Waals surface area (Å²) in [4.78, 5) is 4.94. The van der Waals surface area contributed by atoms with Gasteiger partial charge in [-0.2, -0.15) is 0 Å². The number of likely N-dealkylation sites (N-methyl/N-ethyl adjacent to an activating group) is 1. The lowest BCUT2D eigenvalue weighted by molar-refractivity contribution is 0.158. The van der Waals surface area contributed by atoms with Gasteiger partial charge in [-0.1, -0.05) is 25.5 Å². The molecule has 0 unspecified atom stereocenters. The van der Waals surface area contributed by atoms with Crippen LogP contribution in [0.4, 0.5) is 5.69 Å². The Bertz CT molecular complexity index is 353. The van der Waals surface area contributed by atoms with Crippen molar-refractivity contribution in [1.82, 2.24) is 9.80 Å². The molecule has 0 amide bonds. The predicted molar refractivity (Wildman–Crippen MR) is 82.9 cm³/mol. The van der Waals surface area contributed by atoms with Crippen molar-refractivity contribution in [2.24, 2.45) is 0 Å². The maximum Gasteiger partial charge on any atom is 0.0340 e. The Balaban J connectivity index is 1.67. The molecule has 1 fully saturated rings. The molecule has 0 saturated carbocycles. The molecule has 1 N–H and O–H groups in total. The number of hydrogen-bond donors (Lipinski definition) is 1. The van der Waals surface area contributed by atoms with Crippen LogP contribution in [0, 0.1) is 0 Å². The van der Waals surface area contributed by atoms with E-state index >= 15 is 0 Å². The number of rotatable bonds is 6. The lowest BCUT2D eigenvalue weighted by Gasteiger charge is -2.32. The third-order valence-electron chi connectivity index (χ3n) is 3.85. The third-order valence-corrected chi connectivity index (χ3v) is 3.85. The molecule has 0 radical (unpaired) electrons. The zero-order valence-electron chi connectivity index (χ0n) is 12.4. The number of hydrogen-bond acceptors (Lipinski definition) is 3. The molecule has 3 heteroatoms. The van der Waals surface area contributed by atoms with Crippen LogP contribution < -0.4 is 5.32 Å².